The van der Waals surface area contributed by atoms with Gasteiger partial charge < -0.3 is 9.15 Å². The van der Waals surface area contributed by atoms with Crippen molar-refractivity contribution in [3.63, 3.8) is 0 Å². The van der Waals surface area contributed by atoms with E-state index < -0.39 is 6.04 Å². The van der Waals surface area contributed by atoms with E-state index in [0.29, 0.717) is 33.3 Å². The zero-order valence-corrected chi connectivity index (χ0v) is 18.1. The Balaban J connectivity index is 1.76. The normalized spacial score (nSPS) is 15.7. The number of benzene rings is 2. The molecule has 0 spiro atoms. The molecule has 1 atom stereocenters. The number of carbonyl (C=O) groups is 1. The van der Waals surface area contributed by atoms with Crippen LogP contribution in [0.5, 0.6) is 5.75 Å². The third-order valence-corrected chi connectivity index (χ3v) is 6.39. The molecule has 1 aliphatic rings. The maximum atomic E-state index is 13.5. The van der Waals surface area contributed by atoms with Crippen molar-refractivity contribution in [2.24, 2.45) is 0 Å². The van der Waals surface area contributed by atoms with E-state index in [1.165, 1.54) is 16.9 Å². The van der Waals surface area contributed by atoms with Gasteiger partial charge in [0.15, 0.2) is 10.6 Å². The summed E-state index contributed by atoms with van der Waals surface area (Å²) in [4.78, 5) is 32.9. The lowest BCUT2D eigenvalue weighted by Gasteiger charge is -2.23. The molecule has 0 saturated carbocycles. The molecule has 0 radical (unpaired) electrons. The molecule has 1 aliphatic heterocycles. The van der Waals surface area contributed by atoms with Crippen LogP contribution in [0, 0.1) is 0 Å². The maximum Gasteiger partial charge on any atom is 0.297 e. The monoisotopic (exact) mass is 432 g/mol. The second-order valence-corrected chi connectivity index (χ2v) is 8.62. The van der Waals surface area contributed by atoms with Crippen LogP contribution in [0.2, 0.25) is 0 Å². The first-order valence-corrected chi connectivity index (χ1v) is 10.8. The number of carbonyl (C=O) groups excluding carboxylic acids is 1. The van der Waals surface area contributed by atoms with E-state index in [-0.39, 0.29) is 17.1 Å². The molecule has 0 aliphatic carbocycles. The van der Waals surface area contributed by atoms with Gasteiger partial charge in [-0.3, -0.25) is 14.5 Å². The topological polar surface area (TPSA) is 72.6 Å². The van der Waals surface area contributed by atoms with Gasteiger partial charge >= 0.3 is 0 Å². The first kappa shape index (κ1) is 19.5. The van der Waals surface area contributed by atoms with Crippen molar-refractivity contribution in [2.45, 2.75) is 25.8 Å². The Morgan fingerprint density at radius 2 is 1.90 bits per heavy atom. The summed E-state index contributed by atoms with van der Waals surface area (Å²) in [6.07, 6.45) is 1.64. The molecule has 0 unspecified atom stereocenters. The Labute approximate surface area is 182 Å². The quantitative estimate of drug-likeness (QED) is 0.447. The zero-order valence-electron chi connectivity index (χ0n) is 17.3. The molecule has 5 rings (SSSR count). The molecule has 0 bridgehead atoms. The molecular formula is C24H20N2O4S. The van der Waals surface area contributed by atoms with Gasteiger partial charge in [-0.25, -0.2) is 4.98 Å². The number of fused-ring (bicyclic) bond motifs is 2. The SMILES string of the molecule is COc1ccc2c(=O)c3c(oc2c1)C(=O)N(c1nccs1)[C@@H]3c1ccc(C(C)C)cc1. The molecule has 3 heterocycles. The number of methoxy groups -OCH3 is 1. The first-order valence-electron chi connectivity index (χ1n) is 9.97. The Morgan fingerprint density at radius 1 is 1.13 bits per heavy atom. The summed E-state index contributed by atoms with van der Waals surface area (Å²) in [6.45, 7) is 4.25. The van der Waals surface area contributed by atoms with Crippen LogP contribution >= 0.6 is 11.3 Å². The highest BCUT2D eigenvalue weighted by molar-refractivity contribution is 7.13. The summed E-state index contributed by atoms with van der Waals surface area (Å²) in [5.74, 6) is 0.618. The van der Waals surface area contributed by atoms with Crippen LogP contribution in [0.25, 0.3) is 11.0 Å². The van der Waals surface area contributed by atoms with Crippen molar-refractivity contribution in [1.29, 1.82) is 0 Å². The van der Waals surface area contributed by atoms with Crippen molar-refractivity contribution in [3.8, 4) is 5.75 Å². The summed E-state index contributed by atoms with van der Waals surface area (Å²) >= 11 is 1.35. The van der Waals surface area contributed by atoms with Crippen LogP contribution in [-0.2, 0) is 0 Å². The van der Waals surface area contributed by atoms with Crippen LogP contribution in [0.15, 0.2) is 63.3 Å². The lowest BCUT2D eigenvalue weighted by Crippen LogP contribution is -2.29. The molecule has 2 aromatic heterocycles. The molecule has 6 nitrogen and oxygen atoms in total. The first-order chi connectivity index (χ1) is 15.0. The van der Waals surface area contributed by atoms with E-state index in [4.69, 9.17) is 9.15 Å². The van der Waals surface area contributed by atoms with E-state index in [2.05, 4.69) is 18.8 Å². The van der Waals surface area contributed by atoms with E-state index in [1.54, 1.807) is 41.8 Å². The molecule has 2 aromatic carbocycles. The van der Waals surface area contributed by atoms with Crippen molar-refractivity contribution in [3.05, 3.63) is 86.7 Å². The van der Waals surface area contributed by atoms with Crippen LogP contribution < -0.4 is 15.1 Å². The molecule has 0 N–H and O–H groups in total. The fourth-order valence-corrected chi connectivity index (χ4v) is 4.66. The number of anilines is 1. The van der Waals surface area contributed by atoms with Crippen LogP contribution in [0.4, 0.5) is 5.13 Å². The van der Waals surface area contributed by atoms with Crippen molar-refractivity contribution >= 4 is 33.3 Å². The third kappa shape index (κ3) is 3.04. The standard InChI is InChI=1S/C24H20N2O4S/c1-13(2)14-4-6-15(7-5-14)20-19-21(27)17-9-8-16(29-3)12-18(17)30-22(19)23(28)26(20)24-25-10-11-31-24/h4-13,20H,1-3H3/t20-/m1/s1. The third-order valence-electron chi connectivity index (χ3n) is 5.62. The number of amides is 1. The molecule has 0 fully saturated rings. The fraction of sp³-hybridized carbons (Fsp3) is 0.208. The van der Waals surface area contributed by atoms with Gasteiger partial charge in [0.05, 0.1) is 24.1 Å². The number of hydrogen-bond acceptors (Lipinski definition) is 6. The van der Waals surface area contributed by atoms with Gasteiger partial charge in [0, 0.05) is 17.6 Å². The second-order valence-electron chi connectivity index (χ2n) is 7.75. The molecular weight excluding hydrogens is 412 g/mol. The molecule has 7 heteroatoms. The van der Waals surface area contributed by atoms with E-state index in [9.17, 15) is 9.59 Å². The lowest BCUT2D eigenvalue weighted by atomic mass is 9.95. The summed E-state index contributed by atoms with van der Waals surface area (Å²) < 4.78 is 11.2. The molecule has 1 amide bonds. The number of ether oxygens (including phenoxy) is 1. The zero-order chi connectivity index (χ0) is 21.7. The predicted molar refractivity (Wildman–Crippen MR) is 120 cm³/mol. The van der Waals surface area contributed by atoms with Crippen molar-refractivity contribution in [2.75, 3.05) is 12.0 Å². The van der Waals surface area contributed by atoms with E-state index in [0.717, 1.165) is 5.56 Å². The number of aromatic nitrogens is 1. The van der Waals surface area contributed by atoms with Gasteiger partial charge in [0.2, 0.25) is 5.76 Å². The predicted octanol–water partition coefficient (Wildman–Crippen LogP) is 5.13. The Morgan fingerprint density at radius 3 is 2.55 bits per heavy atom. The minimum atomic E-state index is -0.599. The highest BCUT2D eigenvalue weighted by Crippen LogP contribution is 2.42. The smallest absolute Gasteiger partial charge is 0.297 e. The van der Waals surface area contributed by atoms with Crippen LogP contribution in [0.1, 0.15) is 53.1 Å². The van der Waals surface area contributed by atoms with E-state index in [1.807, 2.05) is 24.3 Å². The number of nitrogens with zero attached hydrogens (tertiary/aromatic N) is 2. The number of rotatable bonds is 4. The molecule has 4 aromatic rings. The average Bonchev–Trinajstić information content (AvgIpc) is 3.40. The molecule has 0 saturated heterocycles. The lowest BCUT2D eigenvalue weighted by molar-refractivity contribution is 0.0971. The van der Waals surface area contributed by atoms with Gasteiger partial charge in [0.25, 0.3) is 5.91 Å². The maximum absolute atomic E-state index is 13.5. The summed E-state index contributed by atoms with van der Waals surface area (Å²) in [5, 5.41) is 2.74. The van der Waals surface area contributed by atoms with E-state index >= 15 is 0 Å². The minimum absolute atomic E-state index is 0.0545. The minimum Gasteiger partial charge on any atom is -0.497 e. The van der Waals surface area contributed by atoms with Crippen molar-refractivity contribution < 1.29 is 13.9 Å². The Bertz CT molecular complexity index is 1340. The van der Waals surface area contributed by atoms with Gasteiger partial charge in [0.1, 0.15) is 11.3 Å². The summed E-state index contributed by atoms with van der Waals surface area (Å²) in [7, 11) is 1.54. The summed E-state index contributed by atoms with van der Waals surface area (Å²) in [6, 6.07) is 12.4. The van der Waals surface area contributed by atoms with Crippen molar-refractivity contribution in [1.82, 2.24) is 4.98 Å². The Kier molecular flexibility index (Phi) is 4.63. The van der Waals surface area contributed by atoms with Gasteiger partial charge in [-0.2, -0.15) is 0 Å². The largest absolute Gasteiger partial charge is 0.497 e. The highest BCUT2D eigenvalue weighted by atomic mass is 32.1. The second kappa shape index (κ2) is 7.35. The van der Waals surface area contributed by atoms with Gasteiger partial charge in [-0.15, -0.1) is 11.3 Å². The number of thiazole rings is 1. The molecule has 31 heavy (non-hydrogen) atoms. The number of hydrogen-bond donors (Lipinski definition) is 0. The Hall–Kier alpha value is -3.45. The molecule has 156 valence electrons. The van der Waals surface area contributed by atoms with Crippen LogP contribution in [-0.4, -0.2) is 18.0 Å². The van der Waals surface area contributed by atoms with Crippen LogP contribution in [0.3, 0.4) is 0 Å². The summed E-state index contributed by atoms with van der Waals surface area (Å²) in [5.41, 5.74) is 2.48. The van der Waals surface area contributed by atoms with Gasteiger partial charge in [-0.05, 0) is 29.2 Å². The van der Waals surface area contributed by atoms with Gasteiger partial charge in [-0.1, -0.05) is 38.1 Å². The fourth-order valence-electron chi connectivity index (χ4n) is 3.99. The highest BCUT2D eigenvalue weighted by Gasteiger charge is 2.44. The average molecular weight is 433 g/mol.